The van der Waals surface area contributed by atoms with Crippen molar-refractivity contribution in [1.82, 2.24) is 9.88 Å². The molecule has 12 heteroatoms. The topological polar surface area (TPSA) is 106 Å². The van der Waals surface area contributed by atoms with Gasteiger partial charge >= 0.3 is 0 Å². The molecule has 1 aromatic heterocycles. The molecule has 2 aliphatic heterocycles. The summed E-state index contributed by atoms with van der Waals surface area (Å²) in [5.41, 5.74) is 3.03. The molecule has 38 heavy (non-hydrogen) atoms. The Hall–Kier alpha value is -2.86. The number of amides is 1. The molecule has 206 valence electrons. The fourth-order valence-corrected chi connectivity index (χ4v) is 7.17. The van der Waals surface area contributed by atoms with Crippen molar-refractivity contribution in [3.05, 3.63) is 64.6 Å². The number of nitrogens with one attached hydrogen (secondary N) is 1. The highest BCUT2D eigenvalue weighted by Crippen LogP contribution is 2.32. The van der Waals surface area contributed by atoms with Gasteiger partial charge in [-0.2, -0.15) is 0 Å². The molecule has 0 saturated carbocycles. The standard InChI is InChI=1S/C26H30ClN5O4S2.2H2/c1-18(31-11-2-3-19-15-20(27)4-9-24(19)31)25(34)32-13-12-30(16-22(32)17-33)21-5-7-23(8-6-21)38(35,36)29-26-28-10-14-37-26;;/h4-10,14-15,18,22,33H,2-3,11-13,16-17H2,1H3,(H,28,29);2*1H/t18-,22-;;/m1../s1. The smallest absolute Gasteiger partial charge is 0.263 e. The molecule has 5 rings (SSSR count). The quantitative estimate of drug-likeness (QED) is 0.437. The molecule has 2 aliphatic rings. The van der Waals surface area contributed by atoms with Gasteiger partial charge in [-0.1, -0.05) is 11.6 Å². The van der Waals surface area contributed by atoms with E-state index in [-0.39, 0.29) is 32.3 Å². The summed E-state index contributed by atoms with van der Waals surface area (Å²) in [7, 11) is -3.74. The average Bonchev–Trinajstić information content (AvgIpc) is 3.43. The van der Waals surface area contributed by atoms with Gasteiger partial charge in [0.1, 0.15) is 6.04 Å². The first kappa shape index (κ1) is 26.7. The fraction of sp³-hybridized carbons (Fsp3) is 0.385. The first-order chi connectivity index (χ1) is 18.3. The molecule has 2 N–H and O–H groups in total. The molecule has 3 heterocycles. The van der Waals surface area contributed by atoms with Crippen LogP contribution in [0.5, 0.6) is 0 Å². The fourth-order valence-electron chi connectivity index (χ4n) is 5.19. The lowest BCUT2D eigenvalue weighted by Gasteiger charge is -2.44. The van der Waals surface area contributed by atoms with Gasteiger partial charge in [-0.25, -0.2) is 13.4 Å². The van der Waals surface area contributed by atoms with E-state index in [0.29, 0.717) is 29.8 Å². The van der Waals surface area contributed by atoms with Gasteiger partial charge in [-0.05, 0) is 67.8 Å². The van der Waals surface area contributed by atoms with Crippen LogP contribution in [0.4, 0.5) is 16.5 Å². The number of anilines is 3. The van der Waals surface area contributed by atoms with Crippen molar-refractivity contribution in [3.8, 4) is 0 Å². The number of piperazine rings is 1. The van der Waals surface area contributed by atoms with Crippen molar-refractivity contribution in [2.45, 2.75) is 36.7 Å². The van der Waals surface area contributed by atoms with Crippen LogP contribution in [0.2, 0.25) is 5.02 Å². The average molecular weight is 580 g/mol. The predicted octanol–water partition coefficient (Wildman–Crippen LogP) is 3.94. The molecule has 0 unspecified atom stereocenters. The maximum absolute atomic E-state index is 13.6. The van der Waals surface area contributed by atoms with E-state index >= 15 is 0 Å². The van der Waals surface area contributed by atoms with Crippen LogP contribution in [0.25, 0.3) is 0 Å². The Morgan fingerprint density at radius 3 is 2.74 bits per heavy atom. The van der Waals surface area contributed by atoms with Crippen molar-refractivity contribution in [2.75, 3.05) is 47.3 Å². The van der Waals surface area contributed by atoms with Crippen molar-refractivity contribution in [3.63, 3.8) is 0 Å². The number of nitrogens with zero attached hydrogens (tertiary/aromatic N) is 4. The minimum Gasteiger partial charge on any atom is -0.394 e. The summed E-state index contributed by atoms with van der Waals surface area (Å²) >= 11 is 7.40. The van der Waals surface area contributed by atoms with Crippen molar-refractivity contribution in [1.29, 1.82) is 0 Å². The van der Waals surface area contributed by atoms with Gasteiger partial charge in [0.05, 0.1) is 17.5 Å². The highest BCUT2D eigenvalue weighted by atomic mass is 35.5. The van der Waals surface area contributed by atoms with Crippen LogP contribution in [0.1, 0.15) is 21.8 Å². The molecule has 2 atom stereocenters. The number of hydrogen-bond donors (Lipinski definition) is 2. The second-order valence-corrected chi connectivity index (χ2v) is 12.5. The minimum atomic E-state index is -3.74. The number of aliphatic hydroxyl groups excluding tert-OH is 1. The Kier molecular flexibility index (Phi) is 7.80. The Balaban J connectivity index is 0.00000220. The summed E-state index contributed by atoms with van der Waals surface area (Å²) in [6, 6.07) is 11.7. The van der Waals surface area contributed by atoms with Crippen LogP contribution < -0.4 is 14.5 Å². The number of benzene rings is 2. The number of carbonyl (C=O) groups excluding carboxylic acids is 1. The number of rotatable bonds is 7. The van der Waals surface area contributed by atoms with Gasteiger partial charge in [0.25, 0.3) is 10.0 Å². The molecule has 1 amide bonds. The van der Waals surface area contributed by atoms with Crippen LogP contribution >= 0.6 is 22.9 Å². The van der Waals surface area contributed by atoms with Crippen LogP contribution in [-0.2, 0) is 21.2 Å². The zero-order valence-electron chi connectivity index (χ0n) is 21.0. The number of carbonyl (C=O) groups is 1. The molecule has 0 bridgehead atoms. The molecule has 9 nitrogen and oxygen atoms in total. The number of thiazole rings is 1. The first-order valence-corrected chi connectivity index (χ1v) is 15.2. The summed E-state index contributed by atoms with van der Waals surface area (Å²) in [5, 5.41) is 12.9. The third kappa shape index (κ3) is 5.47. The summed E-state index contributed by atoms with van der Waals surface area (Å²) in [6.45, 7) is 4.03. The Morgan fingerprint density at radius 2 is 2.03 bits per heavy atom. The molecule has 0 aliphatic carbocycles. The van der Waals surface area contributed by atoms with Gasteiger partial charge in [0.2, 0.25) is 5.91 Å². The second kappa shape index (κ2) is 11.1. The summed E-state index contributed by atoms with van der Waals surface area (Å²) < 4.78 is 27.8. The Morgan fingerprint density at radius 1 is 1.24 bits per heavy atom. The van der Waals surface area contributed by atoms with Crippen LogP contribution in [-0.4, -0.2) is 74.2 Å². The van der Waals surface area contributed by atoms with Gasteiger partial charge in [-0.3, -0.25) is 9.52 Å². The van der Waals surface area contributed by atoms with Gasteiger partial charge in [0, 0.05) is 57.0 Å². The Labute approximate surface area is 234 Å². The van der Waals surface area contributed by atoms with E-state index in [1.54, 1.807) is 34.5 Å². The van der Waals surface area contributed by atoms with Gasteiger partial charge in [0.15, 0.2) is 5.13 Å². The number of aryl methyl sites for hydroxylation is 1. The van der Waals surface area contributed by atoms with E-state index in [1.807, 2.05) is 25.1 Å². The number of aromatic nitrogens is 1. The van der Waals surface area contributed by atoms with Crippen LogP contribution in [0.3, 0.4) is 0 Å². The van der Waals surface area contributed by atoms with E-state index < -0.39 is 10.0 Å². The molecule has 2 aromatic carbocycles. The lowest BCUT2D eigenvalue weighted by atomic mass is 9.99. The number of sulfonamides is 1. The zero-order valence-corrected chi connectivity index (χ0v) is 23.3. The maximum atomic E-state index is 13.6. The summed E-state index contributed by atoms with van der Waals surface area (Å²) in [4.78, 5) is 23.7. The monoisotopic (exact) mass is 579 g/mol. The minimum absolute atomic E-state index is 0. The van der Waals surface area contributed by atoms with E-state index in [0.717, 1.165) is 36.3 Å². The van der Waals surface area contributed by atoms with E-state index in [4.69, 9.17) is 11.6 Å². The SMILES string of the molecule is C[C@H](C(=O)N1CCN(c2ccc(S(=O)(=O)Nc3nccs3)cc2)C[C@@H]1CO)N1CCCc2cc(Cl)ccc21.[HH].[HH]. The highest BCUT2D eigenvalue weighted by molar-refractivity contribution is 7.93. The number of halogens is 1. The summed E-state index contributed by atoms with van der Waals surface area (Å²) in [6.07, 6.45) is 3.43. The lowest BCUT2D eigenvalue weighted by molar-refractivity contribution is -0.136. The molecule has 1 fully saturated rings. The zero-order chi connectivity index (χ0) is 26.9. The van der Waals surface area contributed by atoms with Gasteiger partial charge in [-0.15, -0.1) is 11.3 Å². The third-order valence-corrected chi connectivity index (χ3v) is 9.57. The van der Waals surface area contributed by atoms with Crippen molar-refractivity contribution in [2.24, 2.45) is 0 Å². The molecular weight excluding hydrogens is 546 g/mol. The third-order valence-electron chi connectivity index (χ3n) is 7.16. The maximum Gasteiger partial charge on any atom is 0.263 e. The molecule has 0 spiro atoms. The highest BCUT2D eigenvalue weighted by Gasteiger charge is 2.35. The predicted molar refractivity (Wildman–Crippen MR) is 155 cm³/mol. The number of fused-ring (bicyclic) bond motifs is 1. The number of hydrogen-bond acceptors (Lipinski definition) is 8. The number of aliphatic hydroxyl groups is 1. The molecule has 0 radical (unpaired) electrons. The largest absolute Gasteiger partial charge is 0.394 e. The molecular formula is C26H34ClN5O4S2. The van der Waals surface area contributed by atoms with Crippen LogP contribution in [0.15, 0.2) is 58.9 Å². The van der Waals surface area contributed by atoms with Crippen LogP contribution in [0, 0.1) is 0 Å². The molecule has 3 aromatic rings. The van der Waals surface area contributed by atoms with E-state index in [2.05, 4.69) is 19.5 Å². The van der Waals surface area contributed by atoms with E-state index in [1.165, 1.54) is 17.5 Å². The summed E-state index contributed by atoms with van der Waals surface area (Å²) in [5.74, 6) is -0.0128. The molecule has 1 saturated heterocycles. The Bertz CT molecular complexity index is 1400. The second-order valence-electron chi connectivity index (χ2n) is 9.50. The van der Waals surface area contributed by atoms with Gasteiger partial charge < -0.3 is 19.8 Å². The first-order valence-electron chi connectivity index (χ1n) is 12.5. The normalized spacial score (nSPS) is 18.7. The van der Waals surface area contributed by atoms with E-state index in [9.17, 15) is 18.3 Å². The van der Waals surface area contributed by atoms with Crippen molar-refractivity contribution >= 4 is 55.4 Å². The lowest BCUT2D eigenvalue weighted by Crippen LogP contribution is -2.60. The van der Waals surface area contributed by atoms with Crippen molar-refractivity contribution < 1.29 is 21.2 Å².